The van der Waals surface area contributed by atoms with Gasteiger partial charge in [-0.15, -0.1) is 0 Å². The van der Waals surface area contributed by atoms with Crippen molar-refractivity contribution in [3.63, 3.8) is 0 Å². The third kappa shape index (κ3) is 7.95. The van der Waals surface area contributed by atoms with Crippen molar-refractivity contribution in [2.24, 2.45) is 13.0 Å². The summed E-state index contributed by atoms with van der Waals surface area (Å²) in [6.07, 6.45) is 12.1. The molecule has 0 atom stereocenters. The summed E-state index contributed by atoms with van der Waals surface area (Å²) in [6, 6.07) is 2.07. The maximum Gasteiger partial charge on any atom is 0.303 e. The Labute approximate surface area is 241 Å². The van der Waals surface area contributed by atoms with Crippen molar-refractivity contribution in [2.45, 2.75) is 84.5 Å². The molecule has 0 saturated carbocycles. The number of carboxylic acid groups (broad SMARTS) is 1. The number of carbonyl (C=O) groups is 2. The van der Waals surface area contributed by atoms with Crippen LogP contribution >= 0.6 is 24.0 Å². The molecule has 2 fully saturated rings. The summed E-state index contributed by atoms with van der Waals surface area (Å²) in [5.74, 6) is 0.542. The molecule has 0 bridgehead atoms. The minimum absolute atomic E-state index is 0.107. The topological polar surface area (TPSA) is 107 Å². The van der Waals surface area contributed by atoms with E-state index < -0.39 is 5.97 Å². The van der Waals surface area contributed by atoms with Crippen molar-refractivity contribution >= 4 is 52.1 Å². The Bertz CT molecular complexity index is 1210. The normalized spacial score (nSPS) is 17.3. The molecule has 1 N–H and O–H groups in total. The van der Waals surface area contributed by atoms with Gasteiger partial charge in [0.15, 0.2) is 0 Å². The van der Waals surface area contributed by atoms with E-state index in [0.29, 0.717) is 27.3 Å². The van der Waals surface area contributed by atoms with Crippen LogP contribution in [-0.4, -0.2) is 50.4 Å². The summed E-state index contributed by atoms with van der Waals surface area (Å²) in [6.45, 7) is 6.24. The highest BCUT2D eigenvalue weighted by Gasteiger charge is 2.33. The number of anilines is 1. The van der Waals surface area contributed by atoms with E-state index in [4.69, 9.17) is 17.3 Å². The lowest BCUT2D eigenvalue weighted by molar-refractivity contribution is -0.137. The van der Waals surface area contributed by atoms with Crippen molar-refractivity contribution in [1.29, 1.82) is 5.26 Å². The number of unbranched alkanes of at least 4 members (excludes halogenated alkanes) is 7. The zero-order valence-electron chi connectivity index (χ0n) is 23.3. The zero-order valence-corrected chi connectivity index (χ0v) is 25.0. The minimum Gasteiger partial charge on any atom is -0.481 e. The fraction of sp³-hybridized carbons (Fsp3) is 0.621. The second kappa shape index (κ2) is 14.7. The summed E-state index contributed by atoms with van der Waals surface area (Å²) in [7, 11) is 1.70. The van der Waals surface area contributed by atoms with E-state index in [9.17, 15) is 19.6 Å². The highest BCUT2D eigenvalue weighted by molar-refractivity contribution is 8.26. The summed E-state index contributed by atoms with van der Waals surface area (Å²) in [4.78, 5) is 41.3. The monoisotopic (exact) mass is 572 g/mol. The number of nitriles is 1. The smallest absolute Gasteiger partial charge is 0.303 e. The summed E-state index contributed by atoms with van der Waals surface area (Å²) >= 11 is 6.84. The Kier molecular flexibility index (Phi) is 11.6. The third-order valence-electron chi connectivity index (χ3n) is 7.72. The lowest BCUT2D eigenvalue weighted by Crippen LogP contribution is -2.38. The molecule has 3 rings (SSSR count). The van der Waals surface area contributed by atoms with E-state index >= 15 is 0 Å². The molecule has 0 radical (unpaired) electrons. The Balaban J connectivity index is 1.65. The molecular weight excluding hydrogens is 532 g/mol. The van der Waals surface area contributed by atoms with E-state index in [0.717, 1.165) is 88.7 Å². The van der Waals surface area contributed by atoms with Crippen LogP contribution in [0.1, 0.15) is 94.2 Å². The van der Waals surface area contributed by atoms with Gasteiger partial charge in [-0.05, 0) is 50.2 Å². The van der Waals surface area contributed by atoms with E-state index in [1.807, 2.05) is 6.08 Å². The molecule has 0 aromatic carbocycles. The average Bonchev–Trinajstić information content (AvgIpc) is 3.16. The van der Waals surface area contributed by atoms with Crippen molar-refractivity contribution in [3.8, 4) is 6.07 Å². The van der Waals surface area contributed by atoms with Crippen LogP contribution < -0.4 is 10.5 Å². The van der Waals surface area contributed by atoms with Crippen molar-refractivity contribution in [2.75, 3.05) is 24.5 Å². The van der Waals surface area contributed by atoms with Gasteiger partial charge in [-0.1, -0.05) is 69.4 Å². The van der Waals surface area contributed by atoms with E-state index in [-0.39, 0.29) is 23.5 Å². The number of rotatable bonds is 13. The van der Waals surface area contributed by atoms with Gasteiger partial charge in [0.2, 0.25) is 0 Å². The van der Waals surface area contributed by atoms with E-state index in [1.54, 1.807) is 23.4 Å². The molecule has 39 heavy (non-hydrogen) atoms. The quantitative estimate of drug-likeness (QED) is 0.185. The number of amides is 1. The second-order valence-corrected chi connectivity index (χ2v) is 12.4. The van der Waals surface area contributed by atoms with Crippen LogP contribution in [0.4, 0.5) is 5.82 Å². The SMILES string of the molecule is Cc1c(/C=C2\SC(=S)N(CCCCCCCCCCC(=O)O)C2=O)c(N2CCC(C)CC2)n(C)c(=O)c1C#N. The number of hydrogen-bond acceptors (Lipinski definition) is 7. The maximum absolute atomic E-state index is 13.3. The van der Waals surface area contributed by atoms with Gasteiger partial charge in [-0.2, -0.15) is 5.26 Å². The van der Waals surface area contributed by atoms with Crippen LogP contribution in [-0.2, 0) is 16.6 Å². The van der Waals surface area contributed by atoms with Gasteiger partial charge in [-0.3, -0.25) is 23.9 Å². The molecule has 1 amide bonds. The number of aliphatic carboxylic acids is 1. The van der Waals surface area contributed by atoms with E-state index in [1.165, 1.54) is 11.8 Å². The number of pyridine rings is 1. The predicted octanol–water partition coefficient (Wildman–Crippen LogP) is 5.60. The van der Waals surface area contributed by atoms with Crippen molar-refractivity contribution in [3.05, 3.63) is 31.9 Å². The molecular formula is C29H40N4O4S2. The average molecular weight is 573 g/mol. The first kappa shape index (κ1) is 30.9. The standard InChI is InChI=1S/C29H40N4O4S2/c1-20-13-16-32(17-14-20)26-22(21(2)23(19-30)27(36)31(26)3)18-24-28(37)33(29(38)39-24)15-11-9-7-5-4-6-8-10-12-25(34)35/h18,20H,4-17H2,1-3H3,(H,34,35)/b24-18-. The maximum atomic E-state index is 13.3. The first-order valence-corrected chi connectivity index (χ1v) is 15.2. The van der Waals surface area contributed by atoms with Crippen LogP contribution in [0.5, 0.6) is 0 Å². The molecule has 1 aromatic rings. The van der Waals surface area contributed by atoms with Crippen LogP contribution in [0.15, 0.2) is 9.70 Å². The van der Waals surface area contributed by atoms with Crippen molar-refractivity contribution in [1.82, 2.24) is 9.47 Å². The number of carbonyl (C=O) groups excluding carboxylic acids is 1. The number of thioether (sulfide) groups is 1. The zero-order chi connectivity index (χ0) is 28.5. The largest absolute Gasteiger partial charge is 0.481 e. The Hall–Kier alpha value is -2.64. The van der Waals surface area contributed by atoms with Crippen LogP contribution in [0.3, 0.4) is 0 Å². The molecule has 0 unspecified atom stereocenters. The fourth-order valence-electron chi connectivity index (χ4n) is 5.25. The molecule has 0 aliphatic carbocycles. The van der Waals surface area contributed by atoms with Gasteiger partial charge < -0.3 is 10.0 Å². The summed E-state index contributed by atoms with van der Waals surface area (Å²) in [5, 5.41) is 18.4. The lowest BCUT2D eigenvalue weighted by atomic mass is 9.97. The van der Waals surface area contributed by atoms with Gasteiger partial charge in [-0.25, -0.2) is 0 Å². The Morgan fingerprint density at radius 3 is 2.28 bits per heavy atom. The Morgan fingerprint density at radius 2 is 1.69 bits per heavy atom. The molecule has 8 nitrogen and oxygen atoms in total. The molecule has 2 saturated heterocycles. The first-order chi connectivity index (χ1) is 18.6. The molecule has 212 valence electrons. The Morgan fingerprint density at radius 1 is 1.10 bits per heavy atom. The van der Waals surface area contributed by atoms with Gasteiger partial charge >= 0.3 is 5.97 Å². The number of aromatic nitrogens is 1. The van der Waals surface area contributed by atoms with Gasteiger partial charge in [0.05, 0.1) is 4.91 Å². The lowest BCUT2D eigenvalue weighted by Gasteiger charge is -2.34. The number of piperidine rings is 1. The van der Waals surface area contributed by atoms with Gasteiger partial charge in [0, 0.05) is 38.7 Å². The van der Waals surface area contributed by atoms with Crippen molar-refractivity contribution < 1.29 is 14.7 Å². The molecule has 2 aliphatic heterocycles. The van der Waals surface area contributed by atoms with Gasteiger partial charge in [0.1, 0.15) is 21.8 Å². The van der Waals surface area contributed by atoms with E-state index in [2.05, 4.69) is 17.9 Å². The molecule has 0 spiro atoms. The fourth-order valence-corrected chi connectivity index (χ4v) is 6.54. The number of nitrogens with zero attached hydrogens (tertiary/aromatic N) is 4. The number of hydrogen-bond donors (Lipinski definition) is 1. The van der Waals surface area contributed by atoms with Crippen LogP contribution in [0, 0.1) is 24.2 Å². The number of carboxylic acids is 1. The molecule has 2 aliphatic rings. The second-order valence-electron chi connectivity index (χ2n) is 10.7. The molecule has 3 heterocycles. The highest BCUT2D eigenvalue weighted by Crippen LogP contribution is 2.36. The third-order valence-corrected chi connectivity index (χ3v) is 9.10. The molecule has 10 heteroatoms. The summed E-state index contributed by atoms with van der Waals surface area (Å²) in [5.41, 5.74) is 1.14. The molecule has 1 aromatic heterocycles. The summed E-state index contributed by atoms with van der Waals surface area (Å²) < 4.78 is 2.10. The van der Waals surface area contributed by atoms with Gasteiger partial charge in [0.25, 0.3) is 11.5 Å². The van der Waals surface area contributed by atoms with Crippen LogP contribution in [0.2, 0.25) is 0 Å². The highest BCUT2D eigenvalue weighted by atomic mass is 32.2. The van der Waals surface area contributed by atoms with Crippen LogP contribution in [0.25, 0.3) is 6.08 Å². The minimum atomic E-state index is -0.728. The predicted molar refractivity (Wildman–Crippen MR) is 161 cm³/mol. The number of thiocarbonyl (C=S) groups is 1. The first-order valence-electron chi connectivity index (χ1n) is 14.0.